The lowest BCUT2D eigenvalue weighted by atomic mass is 9.89. The van der Waals surface area contributed by atoms with Crippen molar-refractivity contribution in [3.8, 4) is 0 Å². The van der Waals surface area contributed by atoms with Crippen molar-refractivity contribution >= 4 is 5.82 Å². The van der Waals surface area contributed by atoms with E-state index in [4.69, 9.17) is 0 Å². The van der Waals surface area contributed by atoms with Crippen LogP contribution < -0.4 is 10.9 Å². The second kappa shape index (κ2) is 4.96. The van der Waals surface area contributed by atoms with Gasteiger partial charge in [0.25, 0.3) is 5.56 Å². The van der Waals surface area contributed by atoms with Crippen LogP contribution in [0.25, 0.3) is 0 Å². The van der Waals surface area contributed by atoms with Gasteiger partial charge in [-0.25, -0.2) is 4.98 Å². The summed E-state index contributed by atoms with van der Waals surface area (Å²) in [6.45, 7) is 0.941. The van der Waals surface area contributed by atoms with Crippen molar-refractivity contribution in [1.82, 2.24) is 9.97 Å². The summed E-state index contributed by atoms with van der Waals surface area (Å²) in [6, 6.07) is 1.50. The van der Waals surface area contributed by atoms with Crippen LogP contribution in [-0.4, -0.2) is 16.5 Å². The van der Waals surface area contributed by atoms with Crippen LogP contribution in [0.1, 0.15) is 32.1 Å². The third-order valence-electron chi connectivity index (χ3n) is 2.97. The molecular formula is C11H17N3O. The van der Waals surface area contributed by atoms with E-state index in [1.165, 1.54) is 44.5 Å². The molecule has 1 fully saturated rings. The molecule has 1 aromatic rings. The van der Waals surface area contributed by atoms with E-state index in [0.29, 0.717) is 5.82 Å². The van der Waals surface area contributed by atoms with Gasteiger partial charge in [-0.15, -0.1) is 0 Å². The number of aromatic amines is 1. The summed E-state index contributed by atoms with van der Waals surface area (Å²) in [7, 11) is 0. The molecule has 1 aliphatic carbocycles. The smallest absolute Gasteiger partial charge is 0.252 e. The first-order chi connectivity index (χ1) is 7.34. The van der Waals surface area contributed by atoms with Crippen LogP contribution in [0.3, 0.4) is 0 Å². The predicted octanol–water partition coefficient (Wildman–Crippen LogP) is 1.76. The Labute approximate surface area is 89.1 Å². The van der Waals surface area contributed by atoms with E-state index < -0.39 is 0 Å². The number of rotatable bonds is 3. The van der Waals surface area contributed by atoms with Crippen LogP contribution in [0.5, 0.6) is 0 Å². The number of nitrogens with zero attached hydrogens (tertiary/aromatic N) is 1. The Hall–Kier alpha value is -1.32. The lowest BCUT2D eigenvalue weighted by Crippen LogP contribution is -2.18. The number of H-pyrrole nitrogens is 1. The molecule has 1 aliphatic rings. The van der Waals surface area contributed by atoms with Crippen LogP contribution in [0, 0.1) is 5.92 Å². The zero-order valence-electron chi connectivity index (χ0n) is 8.83. The fourth-order valence-corrected chi connectivity index (χ4v) is 2.11. The standard InChI is InChI=1S/C11H17N3O/c15-11-6-10(13-8-14-11)12-7-9-4-2-1-3-5-9/h6,8-9H,1-5,7H2,(H2,12,13,14,15). The predicted molar refractivity (Wildman–Crippen MR) is 59.9 cm³/mol. The lowest BCUT2D eigenvalue weighted by Gasteiger charge is -2.21. The van der Waals surface area contributed by atoms with E-state index in [0.717, 1.165) is 12.5 Å². The van der Waals surface area contributed by atoms with Crippen molar-refractivity contribution < 1.29 is 0 Å². The molecule has 15 heavy (non-hydrogen) atoms. The minimum atomic E-state index is -0.101. The first kappa shape index (κ1) is 10.2. The molecule has 4 heteroatoms. The quantitative estimate of drug-likeness (QED) is 0.794. The number of anilines is 1. The van der Waals surface area contributed by atoms with Crippen molar-refractivity contribution in [2.45, 2.75) is 32.1 Å². The molecule has 1 aromatic heterocycles. The van der Waals surface area contributed by atoms with E-state index in [1.54, 1.807) is 0 Å². The van der Waals surface area contributed by atoms with E-state index in [-0.39, 0.29) is 5.56 Å². The van der Waals surface area contributed by atoms with Crippen molar-refractivity contribution in [3.63, 3.8) is 0 Å². The van der Waals surface area contributed by atoms with Crippen molar-refractivity contribution in [1.29, 1.82) is 0 Å². The number of hydrogen-bond acceptors (Lipinski definition) is 3. The van der Waals surface area contributed by atoms with Gasteiger partial charge in [-0.1, -0.05) is 19.3 Å². The lowest BCUT2D eigenvalue weighted by molar-refractivity contribution is 0.373. The highest BCUT2D eigenvalue weighted by Gasteiger charge is 2.12. The molecule has 0 unspecified atom stereocenters. The molecule has 2 rings (SSSR count). The molecule has 0 aliphatic heterocycles. The van der Waals surface area contributed by atoms with Crippen molar-refractivity contribution in [2.75, 3.05) is 11.9 Å². The van der Waals surface area contributed by atoms with Crippen molar-refractivity contribution in [2.24, 2.45) is 5.92 Å². The summed E-state index contributed by atoms with van der Waals surface area (Å²) in [6.07, 6.45) is 8.10. The fourth-order valence-electron chi connectivity index (χ4n) is 2.11. The summed E-state index contributed by atoms with van der Waals surface area (Å²) in [5.74, 6) is 1.43. The third-order valence-corrected chi connectivity index (χ3v) is 2.97. The molecule has 82 valence electrons. The molecule has 0 radical (unpaired) electrons. The van der Waals surface area contributed by atoms with Gasteiger partial charge in [0.05, 0.1) is 6.33 Å². The molecule has 0 bridgehead atoms. The van der Waals surface area contributed by atoms with Crippen LogP contribution in [0.15, 0.2) is 17.2 Å². The topological polar surface area (TPSA) is 57.8 Å². The minimum Gasteiger partial charge on any atom is -0.370 e. The molecule has 1 heterocycles. The Morgan fingerprint density at radius 3 is 2.93 bits per heavy atom. The second-order valence-corrected chi connectivity index (χ2v) is 4.18. The normalized spacial score (nSPS) is 17.6. The molecule has 0 atom stereocenters. The van der Waals surface area contributed by atoms with E-state index in [2.05, 4.69) is 15.3 Å². The highest BCUT2D eigenvalue weighted by molar-refractivity contribution is 5.31. The highest BCUT2D eigenvalue weighted by Crippen LogP contribution is 2.23. The van der Waals surface area contributed by atoms with Gasteiger partial charge < -0.3 is 10.3 Å². The van der Waals surface area contributed by atoms with E-state index in [1.807, 2.05) is 0 Å². The summed E-state index contributed by atoms with van der Waals surface area (Å²) >= 11 is 0. The largest absolute Gasteiger partial charge is 0.370 e. The summed E-state index contributed by atoms with van der Waals surface area (Å²) in [4.78, 5) is 17.6. The molecule has 0 spiro atoms. The highest BCUT2D eigenvalue weighted by atomic mass is 16.1. The second-order valence-electron chi connectivity index (χ2n) is 4.18. The SMILES string of the molecule is O=c1cc(NCC2CCCCC2)nc[nH]1. The summed E-state index contributed by atoms with van der Waals surface area (Å²) in [5.41, 5.74) is -0.101. The van der Waals surface area contributed by atoms with Crippen LogP contribution in [0.2, 0.25) is 0 Å². The number of hydrogen-bond donors (Lipinski definition) is 2. The van der Waals surface area contributed by atoms with Gasteiger partial charge in [0.2, 0.25) is 0 Å². The fraction of sp³-hybridized carbons (Fsp3) is 0.636. The molecular weight excluding hydrogens is 190 g/mol. The first-order valence-corrected chi connectivity index (χ1v) is 5.63. The third kappa shape index (κ3) is 3.08. The summed E-state index contributed by atoms with van der Waals surface area (Å²) in [5, 5.41) is 3.22. The maximum Gasteiger partial charge on any atom is 0.252 e. The molecule has 0 saturated heterocycles. The van der Waals surface area contributed by atoms with Crippen LogP contribution >= 0.6 is 0 Å². The molecule has 1 saturated carbocycles. The van der Waals surface area contributed by atoms with Gasteiger partial charge >= 0.3 is 0 Å². The van der Waals surface area contributed by atoms with E-state index in [9.17, 15) is 4.79 Å². The Balaban J connectivity index is 1.84. The van der Waals surface area contributed by atoms with Crippen molar-refractivity contribution in [3.05, 3.63) is 22.7 Å². The average molecular weight is 207 g/mol. The van der Waals surface area contributed by atoms with Gasteiger partial charge in [0.1, 0.15) is 5.82 Å². The maximum atomic E-state index is 11.0. The molecule has 4 nitrogen and oxygen atoms in total. The first-order valence-electron chi connectivity index (χ1n) is 5.63. The monoisotopic (exact) mass is 207 g/mol. The minimum absolute atomic E-state index is 0.101. The average Bonchev–Trinajstić information content (AvgIpc) is 2.28. The molecule has 0 aromatic carbocycles. The maximum absolute atomic E-state index is 11.0. The zero-order chi connectivity index (χ0) is 10.5. The molecule has 2 N–H and O–H groups in total. The van der Waals surface area contributed by atoms with Gasteiger partial charge in [-0.05, 0) is 18.8 Å². The number of aromatic nitrogens is 2. The van der Waals surface area contributed by atoms with E-state index >= 15 is 0 Å². The van der Waals surface area contributed by atoms with Crippen LogP contribution in [-0.2, 0) is 0 Å². The molecule has 0 amide bonds. The van der Waals surface area contributed by atoms with Gasteiger partial charge in [0.15, 0.2) is 0 Å². The van der Waals surface area contributed by atoms with Gasteiger partial charge in [0, 0.05) is 12.6 Å². The Bertz CT molecular complexity index is 355. The van der Waals surface area contributed by atoms with Gasteiger partial charge in [-0.2, -0.15) is 0 Å². The Kier molecular flexibility index (Phi) is 3.37. The zero-order valence-corrected chi connectivity index (χ0v) is 8.83. The van der Waals surface area contributed by atoms with Gasteiger partial charge in [-0.3, -0.25) is 4.79 Å². The van der Waals surface area contributed by atoms with Crippen LogP contribution in [0.4, 0.5) is 5.82 Å². The Morgan fingerprint density at radius 2 is 2.20 bits per heavy atom. The Morgan fingerprint density at radius 1 is 1.40 bits per heavy atom. The summed E-state index contributed by atoms with van der Waals surface area (Å²) < 4.78 is 0. The number of nitrogens with one attached hydrogen (secondary N) is 2.